The molecule has 0 saturated carbocycles. The van der Waals surface area contributed by atoms with Gasteiger partial charge in [-0.1, -0.05) is 48.0 Å². The van der Waals surface area contributed by atoms with Crippen molar-refractivity contribution in [3.05, 3.63) is 69.9 Å². The van der Waals surface area contributed by atoms with Gasteiger partial charge in [0.1, 0.15) is 0 Å². The van der Waals surface area contributed by atoms with Gasteiger partial charge >= 0.3 is 0 Å². The first-order valence-corrected chi connectivity index (χ1v) is 8.71. The molecule has 126 valence electrons. The van der Waals surface area contributed by atoms with Crippen molar-refractivity contribution in [1.29, 1.82) is 0 Å². The van der Waals surface area contributed by atoms with Crippen LogP contribution in [-0.4, -0.2) is 29.8 Å². The quantitative estimate of drug-likeness (QED) is 0.733. The molecular formula is C18H19ClN2O2S. The average Bonchev–Trinajstić information content (AvgIpc) is 2.98. The monoisotopic (exact) mass is 362 g/mol. The third kappa shape index (κ3) is 5.83. The molecule has 0 unspecified atom stereocenters. The van der Waals surface area contributed by atoms with Crippen molar-refractivity contribution < 1.29 is 9.59 Å². The Hall–Kier alpha value is -2.11. The highest BCUT2D eigenvalue weighted by atomic mass is 35.5. The minimum atomic E-state index is -0.174. The molecule has 24 heavy (non-hydrogen) atoms. The summed E-state index contributed by atoms with van der Waals surface area (Å²) in [4.78, 5) is 26.9. The first-order valence-electron chi connectivity index (χ1n) is 7.52. The van der Waals surface area contributed by atoms with Gasteiger partial charge in [0, 0.05) is 11.4 Å². The lowest BCUT2D eigenvalue weighted by molar-refractivity contribution is -0.132. The lowest BCUT2D eigenvalue weighted by Crippen LogP contribution is -2.40. The average molecular weight is 363 g/mol. The summed E-state index contributed by atoms with van der Waals surface area (Å²) in [6, 6.07) is 13.1. The molecule has 0 spiro atoms. The van der Waals surface area contributed by atoms with Crippen LogP contribution >= 0.6 is 22.9 Å². The molecule has 1 aromatic heterocycles. The zero-order valence-corrected chi connectivity index (χ0v) is 14.8. The molecule has 0 aliphatic heterocycles. The van der Waals surface area contributed by atoms with Crippen molar-refractivity contribution in [1.82, 2.24) is 10.2 Å². The van der Waals surface area contributed by atoms with Gasteiger partial charge < -0.3 is 10.2 Å². The summed E-state index contributed by atoms with van der Waals surface area (Å²) < 4.78 is 0.687. The van der Waals surface area contributed by atoms with E-state index in [1.165, 1.54) is 11.3 Å². The van der Waals surface area contributed by atoms with Crippen molar-refractivity contribution in [2.24, 2.45) is 0 Å². The number of carbonyl (C=O) groups excluding carboxylic acids is 2. The SMILES string of the molecule is C=CCN(Cc1ccc(Cl)s1)C(=O)CNC(=O)Cc1ccccc1. The fraction of sp³-hybridized carbons (Fsp3) is 0.222. The number of halogens is 1. The number of thiophene rings is 1. The van der Waals surface area contributed by atoms with E-state index in [0.717, 1.165) is 10.4 Å². The van der Waals surface area contributed by atoms with Gasteiger partial charge in [0.2, 0.25) is 11.8 Å². The number of amides is 2. The number of carbonyl (C=O) groups is 2. The standard InChI is InChI=1S/C18H19ClN2O2S/c1-2-10-21(13-15-8-9-16(19)24-15)18(23)12-20-17(22)11-14-6-4-3-5-7-14/h2-9H,1,10-13H2,(H,20,22). The van der Waals surface area contributed by atoms with E-state index in [4.69, 9.17) is 11.6 Å². The van der Waals surface area contributed by atoms with Crippen LogP contribution in [-0.2, 0) is 22.6 Å². The fourth-order valence-corrected chi connectivity index (χ4v) is 3.27. The van der Waals surface area contributed by atoms with E-state index in [-0.39, 0.29) is 24.8 Å². The van der Waals surface area contributed by atoms with E-state index in [0.29, 0.717) is 17.4 Å². The van der Waals surface area contributed by atoms with Crippen molar-refractivity contribution >= 4 is 34.8 Å². The van der Waals surface area contributed by atoms with E-state index < -0.39 is 0 Å². The maximum absolute atomic E-state index is 12.3. The Balaban J connectivity index is 1.85. The van der Waals surface area contributed by atoms with E-state index in [1.54, 1.807) is 17.0 Å². The van der Waals surface area contributed by atoms with E-state index in [9.17, 15) is 9.59 Å². The highest BCUT2D eigenvalue weighted by Crippen LogP contribution is 2.22. The van der Waals surface area contributed by atoms with Gasteiger partial charge in [-0.25, -0.2) is 0 Å². The van der Waals surface area contributed by atoms with Gasteiger partial charge in [-0.2, -0.15) is 0 Å². The van der Waals surface area contributed by atoms with Gasteiger partial charge in [0.15, 0.2) is 0 Å². The number of nitrogens with zero attached hydrogens (tertiary/aromatic N) is 1. The zero-order valence-electron chi connectivity index (χ0n) is 13.2. The first-order chi connectivity index (χ1) is 11.6. The molecule has 0 radical (unpaired) electrons. The number of benzene rings is 1. The minimum Gasteiger partial charge on any atom is -0.347 e. The van der Waals surface area contributed by atoms with Crippen molar-refractivity contribution in [2.45, 2.75) is 13.0 Å². The third-order valence-electron chi connectivity index (χ3n) is 3.32. The molecule has 0 atom stereocenters. The largest absolute Gasteiger partial charge is 0.347 e. The Bertz CT molecular complexity index is 700. The van der Waals surface area contributed by atoms with Crippen LogP contribution in [0, 0.1) is 0 Å². The summed E-state index contributed by atoms with van der Waals surface area (Å²) >= 11 is 7.35. The molecule has 0 fully saturated rings. The van der Waals surface area contributed by atoms with E-state index in [1.807, 2.05) is 36.4 Å². The van der Waals surface area contributed by atoms with Crippen LogP contribution in [0.3, 0.4) is 0 Å². The maximum Gasteiger partial charge on any atom is 0.242 e. The predicted octanol–water partition coefficient (Wildman–Crippen LogP) is 3.28. The highest BCUT2D eigenvalue weighted by molar-refractivity contribution is 7.16. The van der Waals surface area contributed by atoms with Gasteiger partial charge in [-0.05, 0) is 17.7 Å². The van der Waals surface area contributed by atoms with Crippen LogP contribution in [0.5, 0.6) is 0 Å². The summed E-state index contributed by atoms with van der Waals surface area (Å²) in [7, 11) is 0. The van der Waals surface area contributed by atoms with Crippen LogP contribution in [0.2, 0.25) is 4.34 Å². The summed E-state index contributed by atoms with van der Waals surface area (Å²) in [5.41, 5.74) is 0.915. The summed E-state index contributed by atoms with van der Waals surface area (Å²) in [5.74, 6) is -0.326. The molecule has 2 rings (SSSR count). The van der Waals surface area contributed by atoms with E-state index >= 15 is 0 Å². The normalized spacial score (nSPS) is 10.2. The maximum atomic E-state index is 12.3. The van der Waals surface area contributed by atoms with Gasteiger partial charge in [0.05, 0.1) is 23.8 Å². The summed E-state index contributed by atoms with van der Waals surface area (Å²) in [5, 5.41) is 2.67. The molecule has 2 aromatic rings. The van der Waals surface area contributed by atoms with Gasteiger partial charge in [-0.3, -0.25) is 9.59 Å². The Morgan fingerprint density at radius 1 is 1.21 bits per heavy atom. The van der Waals surface area contributed by atoms with E-state index in [2.05, 4.69) is 11.9 Å². The second kappa shape index (κ2) is 9.25. The number of hydrogen-bond acceptors (Lipinski definition) is 3. The van der Waals surface area contributed by atoms with Crippen LogP contribution in [0.1, 0.15) is 10.4 Å². The summed E-state index contributed by atoms with van der Waals surface area (Å²) in [6.07, 6.45) is 1.93. The lowest BCUT2D eigenvalue weighted by atomic mass is 10.1. The molecule has 0 aliphatic carbocycles. The number of rotatable bonds is 8. The topological polar surface area (TPSA) is 49.4 Å². The molecule has 6 heteroatoms. The van der Waals surface area contributed by atoms with Crippen LogP contribution in [0.4, 0.5) is 0 Å². The molecule has 0 saturated heterocycles. The number of hydrogen-bond donors (Lipinski definition) is 1. The fourth-order valence-electron chi connectivity index (χ4n) is 2.16. The minimum absolute atomic E-state index is 0.0292. The van der Waals surface area contributed by atoms with Gasteiger partial charge in [-0.15, -0.1) is 17.9 Å². The molecule has 4 nitrogen and oxygen atoms in total. The molecule has 1 aromatic carbocycles. The second-order valence-corrected chi connectivity index (χ2v) is 7.01. The third-order valence-corrected chi connectivity index (χ3v) is 4.54. The van der Waals surface area contributed by atoms with Crippen LogP contribution in [0.25, 0.3) is 0 Å². The Morgan fingerprint density at radius 3 is 2.58 bits per heavy atom. The highest BCUT2D eigenvalue weighted by Gasteiger charge is 2.15. The summed E-state index contributed by atoms with van der Waals surface area (Å²) in [6.45, 7) is 4.52. The molecule has 1 N–H and O–H groups in total. The first kappa shape index (κ1) is 18.2. The van der Waals surface area contributed by atoms with Crippen molar-refractivity contribution in [3.63, 3.8) is 0 Å². The van der Waals surface area contributed by atoms with Crippen LogP contribution < -0.4 is 5.32 Å². The van der Waals surface area contributed by atoms with Crippen LogP contribution in [0.15, 0.2) is 55.1 Å². The molecule has 0 bridgehead atoms. The Kier molecular flexibility index (Phi) is 7.03. The Morgan fingerprint density at radius 2 is 1.96 bits per heavy atom. The molecular weight excluding hydrogens is 344 g/mol. The van der Waals surface area contributed by atoms with Gasteiger partial charge in [0.25, 0.3) is 0 Å². The lowest BCUT2D eigenvalue weighted by Gasteiger charge is -2.20. The molecule has 2 amide bonds. The second-order valence-electron chi connectivity index (χ2n) is 5.21. The molecule has 1 heterocycles. The zero-order chi connectivity index (χ0) is 17.4. The van der Waals surface area contributed by atoms with Crippen molar-refractivity contribution in [3.8, 4) is 0 Å². The number of nitrogens with one attached hydrogen (secondary N) is 1. The van der Waals surface area contributed by atoms with Crippen molar-refractivity contribution in [2.75, 3.05) is 13.1 Å². The Labute approximate surface area is 150 Å². The molecule has 0 aliphatic rings. The smallest absolute Gasteiger partial charge is 0.242 e. The predicted molar refractivity (Wildman–Crippen MR) is 98.1 cm³/mol.